The molecule has 0 spiro atoms. The number of methoxy groups -OCH3 is 1. The molecule has 1 aromatic rings. The number of aromatic nitrogens is 1. The largest absolute Gasteiger partial charge is 0.707 e. The summed E-state index contributed by atoms with van der Waals surface area (Å²) in [7, 11) is -5.16. The predicted octanol–water partition coefficient (Wildman–Crippen LogP) is 0.126. The molecule has 0 unspecified atom stereocenters. The van der Waals surface area contributed by atoms with Crippen molar-refractivity contribution in [3.8, 4) is 11.6 Å². The summed E-state index contributed by atoms with van der Waals surface area (Å²) in [5.41, 5.74) is -1.23. The Hall–Kier alpha value is -2.60. The molecule has 0 saturated carbocycles. The molecule has 2 atom stereocenters. The summed E-state index contributed by atoms with van der Waals surface area (Å²) in [6, 6.07) is -0.162. The number of hydrogen-bond donors (Lipinski definition) is 3. The molecule has 1 aliphatic heterocycles. The van der Waals surface area contributed by atoms with Crippen LogP contribution in [-0.2, 0) is 4.74 Å². The molecule has 154 valence electrons. The van der Waals surface area contributed by atoms with Crippen molar-refractivity contribution in [2.75, 3.05) is 20.1 Å². The minimum atomic E-state index is -2.94. The lowest BCUT2D eigenvalue weighted by Gasteiger charge is -2.24. The highest BCUT2D eigenvalue weighted by Crippen LogP contribution is 2.23. The summed E-state index contributed by atoms with van der Waals surface area (Å²) in [6.07, 6.45) is -1.45. The van der Waals surface area contributed by atoms with Gasteiger partial charge in [0.1, 0.15) is 23.1 Å². The third-order valence-electron chi connectivity index (χ3n) is 3.63. The number of ether oxygens (including phenoxy) is 2. The van der Waals surface area contributed by atoms with E-state index < -0.39 is 55.6 Å². The molecule has 1 aromatic heterocycles. The summed E-state index contributed by atoms with van der Waals surface area (Å²) in [5, 5.41) is 20.2. The topological polar surface area (TPSA) is 130 Å². The van der Waals surface area contributed by atoms with Gasteiger partial charge in [-0.15, -0.1) is 0 Å². The predicted molar refractivity (Wildman–Crippen MR) is 95.6 cm³/mol. The summed E-state index contributed by atoms with van der Waals surface area (Å²) in [4.78, 5) is 29.6. The molecule has 0 radical (unpaired) electrons. The van der Waals surface area contributed by atoms with E-state index >= 15 is 0 Å². The highest BCUT2D eigenvalue weighted by atomic mass is 19.1. The van der Waals surface area contributed by atoms with Crippen molar-refractivity contribution in [1.29, 1.82) is 0 Å². The molecule has 2 rings (SSSR count). The van der Waals surface area contributed by atoms with E-state index in [1.807, 2.05) is 0 Å². The smallest absolute Gasteiger partial charge is 0.511 e. The Labute approximate surface area is 166 Å². The molecule has 1 fully saturated rings. The Kier molecular flexibility index (Phi) is 5.38. The molecular formula is C16H23BFN3O7. The average Bonchev–Trinajstić information content (AvgIpc) is 2.94. The third-order valence-corrected chi connectivity index (χ3v) is 3.63. The van der Waals surface area contributed by atoms with Gasteiger partial charge < -0.3 is 34.4 Å². The molecular weight excluding hydrogens is 376 g/mol. The molecule has 1 aliphatic rings. The van der Waals surface area contributed by atoms with Crippen LogP contribution >= 0.6 is 0 Å². The van der Waals surface area contributed by atoms with Crippen LogP contribution in [0.25, 0.3) is 0 Å². The minimum absolute atomic E-state index is 0.184. The molecule has 28 heavy (non-hydrogen) atoms. The maximum absolute atomic E-state index is 14.4. The second-order valence-corrected chi connectivity index (χ2v) is 7.05. The number of nitrogens with one attached hydrogen (secondary N) is 1. The van der Waals surface area contributed by atoms with Crippen LogP contribution in [-0.4, -0.2) is 77.2 Å². The zero-order valence-electron chi connectivity index (χ0n) is 18.5. The van der Waals surface area contributed by atoms with Crippen LogP contribution in [0.15, 0.2) is 12.3 Å². The first-order valence-electron chi connectivity index (χ1n) is 9.79. The van der Waals surface area contributed by atoms with Gasteiger partial charge in [0.2, 0.25) is 5.88 Å². The van der Waals surface area contributed by atoms with Gasteiger partial charge in [-0.2, -0.15) is 0 Å². The Bertz CT molecular complexity index is 823. The number of nitrogens with zero attached hydrogens (tertiary/aromatic N) is 2. The molecule has 0 aromatic carbocycles. The molecule has 12 heteroatoms. The van der Waals surface area contributed by atoms with Gasteiger partial charge in [0.05, 0.1) is 29.9 Å². The van der Waals surface area contributed by atoms with E-state index in [0.717, 1.165) is 17.2 Å². The number of halogens is 1. The third kappa shape index (κ3) is 5.70. The normalized spacial score (nSPS) is 21.2. The van der Waals surface area contributed by atoms with Crippen LogP contribution < -0.4 is 14.7 Å². The second-order valence-electron chi connectivity index (χ2n) is 7.05. The first-order valence-corrected chi connectivity index (χ1v) is 8.29. The zero-order valence-corrected chi connectivity index (χ0v) is 15.5. The SMILES string of the molecule is [2H]C([2H])([2H])Oc1ncc(OB(O)O)cc1C(=O)N[C@@H]1CN(C(=O)OC(C)(C)C)C[C@@H]1F. The standard InChI is InChI=1S/C16H23BFN3O7/c1-16(2,3)27-15(23)21-7-11(18)12(8-21)20-13(22)10-5-9(28-17(24)25)6-19-14(10)26-4/h5-6,11-12,24-25H,7-8H2,1-4H3,(H,20,22)/t11-,12+/m0/s1/i4D3. The number of carbonyl (C=O) groups is 2. The van der Waals surface area contributed by atoms with Gasteiger partial charge in [0, 0.05) is 6.54 Å². The van der Waals surface area contributed by atoms with Gasteiger partial charge in [-0.05, 0) is 26.8 Å². The second kappa shape index (κ2) is 8.61. The number of likely N-dealkylation sites (tertiary alicyclic amines) is 1. The van der Waals surface area contributed by atoms with Crippen molar-refractivity contribution >= 4 is 19.3 Å². The van der Waals surface area contributed by atoms with Gasteiger partial charge in [0.15, 0.2) is 0 Å². The first-order chi connectivity index (χ1) is 14.1. The maximum Gasteiger partial charge on any atom is 0.707 e. The average molecular weight is 402 g/mol. The van der Waals surface area contributed by atoms with Crippen LogP contribution in [0.1, 0.15) is 35.2 Å². The van der Waals surface area contributed by atoms with E-state index in [1.165, 1.54) is 0 Å². The number of hydrogen-bond acceptors (Lipinski definition) is 8. The summed E-state index contributed by atoms with van der Waals surface area (Å²) < 4.78 is 50.5. The quantitative estimate of drug-likeness (QED) is 0.593. The van der Waals surface area contributed by atoms with E-state index in [-0.39, 0.29) is 18.8 Å². The van der Waals surface area contributed by atoms with E-state index in [9.17, 15) is 14.0 Å². The van der Waals surface area contributed by atoms with Crippen LogP contribution in [0.5, 0.6) is 11.6 Å². The number of amides is 2. The Balaban J connectivity index is 2.18. The van der Waals surface area contributed by atoms with Crippen molar-refractivity contribution in [2.24, 2.45) is 0 Å². The first kappa shape index (κ1) is 17.5. The lowest BCUT2D eigenvalue weighted by Crippen LogP contribution is -2.42. The Morgan fingerprint density at radius 3 is 2.75 bits per heavy atom. The summed E-state index contributed by atoms with van der Waals surface area (Å²) >= 11 is 0. The molecule has 3 N–H and O–H groups in total. The monoisotopic (exact) mass is 402 g/mol. The van der Waals surface area contributed by atoms with Crippen LogP contribution in [0.4, 0.5) is 9.18 Å². The molecule has 1 saturated heterocycles. The lowest BCUT2D eigenvalue weighted by atomic mass is 10.2. The molecule has 10 nitrogen and oxygen atoms in total. The van der Waals surface area contributed by atoms with Crippen molar-refractivity contribution in [1.82, 2.24) is 15.2 Å². The van der Waals surface area contributed by atoms with E-state index in [1.54, 1.807) is 20.8 Å². The van der Waals surface area contributed by atoms with Gasteiger partial charge in [-0.3, -0.25) is 4.79 Å². The summed E-state index contributed by atoms with van der Waals surface area (Å²) in [6.45, 7) is 4.48. The maximum atomic E-state index is 14.4. The van der Waals surface area contributed by atoms with Crippen LogP contribution in [0.3, 0.4) is 0 Å². The molecule has 0 bridgehead atoms. The van der Waals surface area contributed by atoms with Gasteiger partial charge in [-0.25, -0.2) is 14.2 Å². The zero-order chi connectivity index (χ0) is 23.6. The number of carbonyl (C=O) groups excluding carboxylic acids is 2. The Morgan fingerprint density at radius 2 is 2.14 bits per heavy atom. The highest BCUT2D eigenvalue weighted by Gasteiger charge is 2.38. The van der Waals surface area contributed by atoms with E-state index in [4.69, 9.17) is 18.9 Å². The fourth-order valence-corrected chi connectivity index (χ4v) is 2.49. The highest BCUT2D eigenvalue weighted by molar-refractivity contribution is 6.33. The fourth-order valence-electron chi connectivity index (χ4n) is 2.49. The van der Waals surface area contributed by atoms with Crippen LogP contribution in [0, 0.1) is 0 Å². The van der Waals surface area contributed by atoms with Crippen molar-refractivity contribution < 1.29 is 42.3 Å². The van der Waals surface area contributed by atoms with Crippen LogP contribution in [0.2, 0.25) is 0 Å². The van der Waals surface area contributed by atoms with E-state index in [2.05, 4.69) is 19.7 Å². The summed E-state index contributed by atoms with van der Waals surface area (Å²) in [5.74, 6) is -1.85. The lowest BCUT2D eigenvalue weighted by molar-refractivity contribution is 0.0281. The number of rotatable bonds is 5. The Morgan fingerprint density at radius 1 is 1.43 bits per heavy atom. The van der Waals surface area contributed by atoms with Gasteiger partial charge in [-0.1, -0.05) is 0 Å². The minimum Gasteiger partial charge on any atom is -0.511 e. The van der Waals surface area contributed by atoms with Crippen molar-refractivity contribution in [3.63, 3.8) is 0 Å². The van der Waals surface area contributed by atoms with Gasteiger partial charge in [0.25, 0.3) is 5.91 Å². The van der Waals surface area contributed by atoms with Crippen molar-refractivity contribution in [3.05, 3.63) is 17.8 Å². The van der Waals surface area contributed by atoms with Crippen molar-refractivity contribution in [2.45, 2.75) is 38.6 Å². The fraction of sp³-hybridized carbons (Fsp3) is 0.562. The van der Waals surface area contributed by atoms with E-state index in [0.29, 0.717) is 0 Å². The molecule has 2 heterocycles. The molecule has 2 amide bonds. The molecule has 0 aliphatic carbocycles. The number of alkyl halides is 1. The van der Waals surface area contributed by atoms with Gasteiger partial charge >= 0.3 is 13.4 Å². The number of pyridine rings is 1.